The van der Waals surface area contributed by atoms with Crippen molar-refractivity contribution in [1.29, 1.82) is 0 Å². The van der Waals surface area contributed by atoms with Crippen LogP contribution in [0.4, 0.5) is 0 Å². The zero-order chi connectivity index (χ0) is 10.1. The van der Waals surface area contributed by atoms with E-state index in [-0.39, 0.29) is 0 Å². The molecule has 13 heavy (non-hydrogen) atoms. The van der Waals surface area contributed by atoms with Gasteiger partial charge in [0.2, 0.25) is 0 Å². The molecule has 0 heterocycles. The fraction of sp³-hybridized carbons (Fsp3) is 0.833. The van der Waals surface area contributed by atoms with Gasteiger partial charge >= 0.3 is 0 Å². The Kier molecular flexibility index (Phi) is 8.11. The maximum atomic E-state index is 3.75. The quantitative estimate of drug-likeness (QED) is 0.449. The average molecular weight is 183 g/mol. The molecule has 0 aromatic carbocycles. The molecule has 0 saturated heterocycles. The van der Waals surface area contributed by atoms with Crippen molar-refractivity contribution in [1.82, 2.24) is 5.32 Å². The second-order valence-corrected chi connectivity index (χ2v) is 3.77. The van der Waals surface area contributed by atoms with Crippen LogP contribution in [-0.4, -0.2) is 12.6 Å². The van der Waals surface area contributed by atoms with Crippen molar-refractivity contribution in [3.8, 4) is 0 Å². The summed E-state index contributed by atoms with van der Waals surface area (Å²) in [5.74, 6) is 0.796. The van der Waals surface area contributed by atoms with Crippen LogP contribution in [0.15, 0.2) is 12.7 Å². The lowest BCUT2D eigenvalue weighted by Gasteiger charge is -2.23. The predicted octanol–water partition coefficient (Wildman–Crippen LogP) is 3.37. The highest BCUT2D eigenvalue weighted by molar-refractivity contribution is 4.74. The van der Waals surface area contributed by atoms with Gasteiger partial charge in [0.05, 0.1) is 0 Å². The van der Waals surface area contributed by atoms with E-state index < -0.39 is 0 Å². The zero-order valence-electron chi connectivity index (χ0n) is 9.47. The molecule has 0 rings (SSSR count). The number of rotatable bonds is 8. The maximum Gasteiger partial charge on any atom is 0.00925 e. The van der Waals surface area contributed by atoms with Gasteiger partial charge in [-0.2, -0.15) is 0 Å². The van der Waals surface area contributed by atoms with Crippen LogP contribution < -0.4 is 5.32 Å². The lowest BCUT2D eigenvalue weighted by molar-refractivity contribution is 0.348. The summed E-state index contributed by atoms with van der Waals surface area (Å²) >= 11 is 0. The Morgan fingerprint density at radius 1 is 1.38 bits per heavy atom. The molecule has 0 aliphatic carbocycles. The molecule has 0 amide bonds. The van der Waals surface area contributed by atoms with Gasteiger partial charge in [0.1, 0.15) is 0 Å². The van der Waals surface area contributed by atoms with E-state index in [4.69, 9.17) is 0 Å². The van der Waals surface area contributed by atoms with Gasteiger partial charge in [-0.1, -0.05) is 33.3 Å². The minimum absolute atomic E-state index is 0.704. The summed E-state index contributed by atoms with van der Waals surface area (Å²) in [6.07, 6.45) is 6.99. The van der Waals surface area contributed by atoms with Crippen molar-refractivity contribution < 1.29 is 0 Å². The van der Waals surface area contributed by atoms with Crippen molar-refractivity contribution in [2.24, 2.45) is 5.92 Å². The molecule has 0 aromatic heterocycles. The van der Waals surface area contributed by atoms with E-state index >= 15 is 0 Å². The highest BCUT2D eigenvalue weighted by atomic mass is 14.9. The first-order chi connectivity index (χ1) is 6.26. The number of allylic oxidation sites excluding steroid dienone is 1. The zero-order valence-corrected chi connectivity index (χ0v) is 9.47. The monoisotopic (exact) mass is 183 g/mol. The molecule has 0 radical (unpaired) electrons. The molecule has 1 heteroatoms. The first-order valence-electron chi connectivity index (χ1n) is 5.60. The van der Waals surface area contributed by atoms with Crippen molar-refractivity contribution in [3.63, 3.8) is 0 Å². The van der Waals surface area contributed by atoms with E-state index in [0.717, 1.165) is 18.9 Å². The molecule has 1 N–H and O–H groups in total. The van der Waals surface area contributed by atoms with Crippen LogP contribution in [0.5, 0.6) is 0 Å². The number of hydrogen-bond acceptors (Lipinski definition) is 1. The normalized spacial score (nSPS) is 15.3. The number of hydrogen-bond donors (Lipinski definition) is 1. The van der Waals surface area contributed by atoms with Gasteiger partial charge in [-0.3, -0.25) is 0 Å². The Labute approximate surface area is 83.6 Å². The maximum absolute atomic E-state index is 3.75. The fourth-order valence-electron chi connectivity index (χ4n) is 1.62. The van der Waals surface area contributed by atoms with Crippen LogP contribution in [-0.2, 0) is 0 Å². The summed E-state index contributed by atoms with van der Waals surface area (Å²) in [4.78, 5) is 0. The van der Waals surface area contributed by atoms with Gasteiger partial charge in [-0.15, -0.1) is 6.58 Å². The Balaban J connectivity index is 3.71. The van der Waals surface area contributed by atoms with Gasteiger partial charge < -0.3 is 5.32 Å². The third kappa shape index (κ3) is 5.87. The largest absolute Gasteiger partial charge is 0.314 e. The van der Waals surface area contributed by atoms with E-state index in [0.29, 0.717) is 6.04 Å². The van der Waals surface area contributed by atoms with Gasteiger partial charge in [0.15, 0.2) is 0 Å². The Bertz CT molecular complexity index is 120. The Morgan fingerprint density at radius 2 is 2.08 bits per heavy atom. The lowest BCUT2D eigenvalue weighted by Crippen LogP contribution is -2.34. The summed E-state index contributed by atoms with van der Waals surface area (Å²) in [7, 11) is 0. The standard InChI is InChI=1S/C12H25N/c1-5-8-9-10-12(13-7-3)11(4)6-2/h5,11-13H,1,6-10H2,2-4H3. The summed E-state index contributed by atoms with van der Waals surface area (Å²) in [5.41, 5.74) is 0. The van der Waals surface area contributed by atoms with Gasteiger partial charge in [-0.05, 0) is 31.7 Å². The van der Waals surface area contributed by atoms with Crippen molar-refractivity contribution in [2.45, 2.75) is 52.5 Å². The van der Waals surface area contributed by atoms with Crippen molar-refractivity contribution in [2.75, 3.05) is 6.54 Å². The molecule has 2 atom stereocenters. The van der Waals surface area contributed by atoms with Crippen molar-refractivity contribution >= 4 is 0 Å². The van der Waals surface area contributed by atoms with Crippen LogP contribution in [0.25, 0.3) is 0 Å². The summed E-state index contributed by atoms with van der Waals surface area (Å²) in [6, 6.07) is 0.704. The van der Waals surface area contributed by atoms with E-state index in [2.05, 4.69) is 32.7 Å². The molecule has 0 fully saturated rings. The summed E-state index contributed by atoms with van der Waals surface area (Å²) in [5, 5.41) is 3.56. The fourth-order valence-corrected chi connectivity index (χ4v) is 1.62. The van der Waals surface area contributed by atoms with Crippen LogP contribution in [0.1, 0.15) is 46.5 Å². The second kappa shape index (κ2) is 8.31. The molecule has 2 unspecified atom stereocenters. The molecular formula is C12H25N. The molecule has 0 aromatic rings. The highest BCUT2D eigenvalue weighted by Gasteiger charge is 2.13. The topological polar surface area (TPSA) is 12.0 Å². The van der Waals surface area contributed by atoms with E-state index in [1.165, 1.54) is 19.3 Å². The minimum Gasteiger partial charge on any atom is -0.314 e. The lowest BCUT2D eigenvalue weighted by atomic mass is 9.94. The van der Waals surface area contributed by atoms with Gasteiger partial charge in [-0.25, -0.2) is 0 Å². The second-order valence-electron chi connectivity index (χ2n) is 3.77. The first-order valence-corrected chi connectivity index (χ1v) is 5.60. The molecule has 0 saturated carbocycles. The first kappa shape index (κ1) is 12.7. The predicted molar refractivity (Wildman–Crippen MR) is 61.0 cm³/mol. The Morgan fingerprint density at radius 3 is 2.54 bits per heavy atom. The van der Waals surface area contributed by atoms with Gasteiger partial charge in [0.25, 0.3) is 0 Å². The molecule has 0 aliphatic rings. The van der Waals surface area contributed by atoms with Crippen LogP contribution in [0.2, 0.25) is 0 Å². The van der Waals surface area contributed by atoms with E-state index in [1.807, 2.05) is 6.08 Å². The van der Waals surface area contributed by atoms with Crippen molar-refractivity contribution in [3.05, 3.63) is 12.7 Å². The average Bonchev–Trinajstić information content (AvgIpc) is 2.16. The van der Waals surface area contributed by atoms with E-state index in [9.17, 15) is 0 Å². The van der Waals surface area contributed by atoms with Crippen LogP contribution in [0.3, 0.4) is 0 Å². The summed E-state index contributed by atoms with van der Waals surface area (Å²) in [6.45, 7) is 11.6. The Hall–Kier alpha value is -0.300. The molecule has 78 valence electrons. The molecule has 0 aliphatic heterocycles. The number of unbranched alkanes of at least 4 members (excludes halogenated alkanes) is 1. The molecule has 1 nitrogen and oxygen atoms in total. The highest BCUT2D eigenvalue weighted by Crippen LogP contribution is 2.13. The smallest absolute Gasteiger partial charge is 0.00925 e. The third-order valence-electron chi connectivity index (χ3n) is 2.72. The third-order valence-corrected chi connectivity index (χ3v) is 2.72. The molecule has 0 bridgehead atoms. The minimum atomic E-state index is 0.704. The number of nitrogens with one attached hydrogen (secondary N) is 1. The van der Waals surface area contributed by atoms with Crippen LogP contribution in [0, 0.1) is 5.92 Å². The van der Waals surface area contributed by atoms with Crippen LogP contribution >= 0.6 is 0 Å². The molecular weight excluding hydrogens is 158 g/mol. The molecule has 0 spiro atoms. The summed E-state index contributed by atoms with van der Waals surface area (Å²) < 4.78 is 0. The van der Waals surface area contributed by atoms with Gasteiger partial charge in [0, 0.05) is 6.04 Å². The van der Waals surface area contributed by atoms with E-state index in [1.54, 1.807) is 0 Å². The SMILES string of the molecule is C=CCCCC(NCC)C(C)CC.